The van der Waals surface area contributed by atoms with Crippen LogP contribution in [0.25, 0.3) is 0 Å². The van der Waals surface area contributed by atoms with Crippen molar-refractivity contribution in [1.29, 1.82) is 0 Å². The summed E-state index contributed by atoms with van der Waals surface area (Å²) in [6.45, 7) is 23.6. The van der Waals surface area contributed by atoms with E-state index < -0.39 is 0 Å². The molecule has 0 bridgehead atoms. The van der Waals surface area contributed by atoms with E-state index in [1.165, 1.54) is 37.7 Å². The SMILES string of the molecule is CC(=O)C(C)CC[C@@H](C)C(C)(C)[C@H]1CC[C@@]2(C)C3=CC(=O)[C@@H]4C[C@@H](C)[C@@H](C)C[C@]4(C)C3CC[C@]12C. The van der Waals surface area contributed by atoms with Crippen LogP contribution in [0.4, 0.5) is 0 Å². The molecule has 4 rings (SSSR count). The normalized spacial score (nSPS) is 45.1. The molecular weight excluding hydrogens is 428 g/mol. The Kier molecular flexibility index (Phi) is 6.85. The summed E-state index contributed by atoms with van der Waals surface area (Å²) in [6, 6.07) is 0. The Morgan fingerprint density at radius 1 is 1.03 bits per heavy atom. The predicted octanol–water partition coefficient (Wildman–Crippen LogP) is 8.68. The first-order valence-corrected chi connectivity index (χ1v) is 14.9. The van der Waals surface area contributed by atoms with Gasteiger partial charge in [-0.3, -0.25) is 9.59 Å². The number of rotatable bonds is 6. The maximum absolute atomic E-state index is 13.7. The van der Waals surface area contributed by atoms with Crippen molar-refractivity contribution >= 4 is 11.6 Å². The first-order valence-electron chi connectivity index (χ1n) is 14.9. The molecule has 2 heteroatoms. The van der Waals surface area contributed by atoms with Crippen LogP contribution < -0.4 is 0 Å². The van der Waals surface area contributed by atoms with Crippen molar-refractivity contribution in [1.82, 2.24) is 0 Å². The molecule has 0 spiro atoms. The molecule has 0 N–H and O–H groups in total. The summed E-state index contributed by atoms with van der Waals surface area (Å²) >= 11 is 0. The molecule has 35 heavy (non-hydrogen) atoms. The topological polar surface area (TPSA) is 34.1 Å². The highest BCUT2D eigenvalue weighted by Crippen LogP contribution is 2.74. The van der Waals surface area contributed by atoms with E-state index in [-0.39, 0.29) is 33.5 Å². The lowest BCUT2D eigenvalue weighted by molar-refractivity contribution is -0.134. The summed E-state index contributed by atoms with van der Waals surface area (Å²) in [5.74, 6) is 4.32. The van der Waals surface area contributed by atoms with E-state index in [0.717, 1.165) is 19.3 Å². The number of Topliss-reactive ketones (excluding diaryl/α,β-unsaturated/α-hetero) is 1. The fourth-order valence-electron chi connectivity index (χ4n) is 9.88. The Balaban J connectivity index is 1.64. The fraction of sp³-hybridized carbons (Fsp3) is 0.879. The van der Waals surface area contributed by atoms with E-state index in [0.29, 0.717) is 41.2 Å². The van der Waals surface area contributed by atoms with Gasteiger partial charge in [0.1, 0.15) is 5.78 Å². The first kappa shape index (κ1) is 27.1. The Hall–Kier alpha value is -0.920. The summed E-state index contributed by atoms with van der Waals surface area (Å²) in [6.07, 6.45) is 11.6. The number of fused-ring (bicyclic) bond motifs is 5. The molecule has 0 radical (unpaired) electrons. The van der Waals surface area contributed by atoms with Gasteiger partial charge in [0, 0.05) is 11.8 Å². The minimum atomic E-state index is 0.125. The second-order valence-corrected chi connectivity index (χ2v) is 15.2. The van der Waals surface area contributed by atoms with Crippen molar-refractivity contribution < 1.29 is 9.59 Å². The lowest BCUT2D eigenvalue weighted by Crippen LogP contribution is -2.56. The molecule has 3 saturated carbocycles. The maximum atomic E-state index is 13.7. The van der Waals surface area contributed by atoms with Crippen LogP contribution >= 0.6 is 0 Å². The molecule has 0 heterocycles. The molecule has 4 aliphatic carbocycles. The van der Waals surface area contributed by atoms with Crippen LogP contribution in [0.1, 0.15) is 121 Å². The van der Waals surface area contributed by atoms with E-state index in [1.54, 1.807) is 6.92 Å². The lowest BCUT2D eigenvalue weighted by atomic mass is 9.41. The zero-order valence-electron chi connectivity index (χ0n) is 24.6. The molecule has 0 aromatic rings. The first-order chi connectivity index (χ1) is 16.1. The number of allylic oxidation sites excluding steroid dienone is 2. The van der Waals surface area contributed by atoms with Gasteiger partial charge < -0.3 is 0 Å². The molecule has 4 aliphatic rings. The third-order valence-electron chi connectivity index (χ3n) is 13.4. The smallest absolute Gasteiger partial charge is 0.159 e. The highest BCUT2D eigenvalue weighted by molar-refractivity contribution is 5.94. The Bertz CT molecular complexity index is 897. The molecule has 10 atom stereocenters. The summed E-state index contributed by atoms with van der Waals surface area (Å²) < 4.78 is 0. The standard InChI is InChI=1S/C33H54O2/c1-20(24(5)34)11-12-23(4)30(6,7)29-14-16-32(9)26-18-28(35)27-17-21(2)22(3)19-31(27,8)25(26)13-15-33(29,32)10/h18,20-23,25,27,29H,11-17,19H2,1-10H3/t20?,21-,22+,23-,25?,27+,29-,31-,32+,33-/m1/s1. The van der Waals surface area contributed by atoms with Crippen LogP contribution in [-0.2, 0) is 9.59 Å². The van der Waals surface area contributed by atoms with Crippen LogP contribution in [0.15, 0.2) is 11.6 Å². The quantitative estimate of drug-likeness (QED) is 0.379. The van der Waals surface area contributed by atoms with Gasteiger partial charge in [0.05, 0.1) is 0 Å². The minimum Gasteiger partial charge on any atom is -0.300 e. The van der Waals surface area contributed by atoms with E-state index in [2.05, 4.69) is 68.4 Å². The minimum absolute atomic E-state index is 0.125. The molecule has 2 nitrogen and oxygen atoms in total. The van der Waals surface area contributed by atoms with Crippen molar-refractivity contribution in [2.45, 2.75) is 121 Å². The van der Waals surface area contributed by atoms with Gasteiger partial charge >= 0.3 is 0 Å². The number of hydrogen-bond donors (Lipinski definition) is 0. The van der Waals surface area contributed by atoms with Gasteiger partial charge in [0.2, 0.25) is 0 Å². The Morgan fingerprint density at radius 2 is 1.69 bits per heavy atom. The zero-order chi connectivity index (χ0) is 26.1. The van der Waals surface area contributed by atoms with E-state index in [1.807, 2.05) is 0 Å². The number of ketones is 2. The van der Waals surface area contributed by atoms with Crippen molar-refractivity contribution in [3.63, 3.8) is 0 Å². The summed E-state index contributed by atoms with van der Waals surface area (Å²) in [4.78, 5) is 25.5. The molecule has 0 amide bonds. The van der Waals surface area contributed by atoms with Gasteiger partial charge in [-0.15, -0.1) is 0 Å². The summed E-state index contributed by atoms with van der Waals surface area (Å²) in [5.41, 5.74) is 2.25. The van der Waals surface area contributed by atoms with Crippen molar-refractivity contribution in [2.24, 2.45) is 63.1 Å². The highest BCUT2D eigenvalue weighted by atomic mass is 16.1. The van der Waals surface area contributed by atoms with Crippen molar-refractivity contribution in [3.8, 4) is 0 Å². The van der Waals surface area contributed by atoms with E-state index >= 15 is 0 Å². The van der Waals surface area contributed by atoms with Gasteiger partial charge in [0.15, 0.2) is 5.78 Å². The largest absolute Gasteiger partial charge is 0.300 e. The van der Waals surface area contributed by atoms with E-state index in [9.17, 15) is 9.59 Å². The number of hydrogen-bond acceptors (Lipinski definition) is 2. The van der Waals surface area contributed by atoms with Crippen LogP contribution in [0.2, 0.25) is 0 Å². The third-order valence-corrected chi connectivity index (χ3v) is 13.4. The third kappa shape index (κ3) is 3.94. The number of carbonyl (C=O) groups is 2. The van der Waals surface area contributed by atoms with Gasteiger partial charge in [-0.25, -0.2) is 0 Å². The fourth-order valence-corrected chi connectivity index (χ4v) is 9.88. The zero-order valence-corrected chi connectivity index (χ0v) is 24.6. The van der Waals surface area contributed by atoms with Crippen molar-refractivity contribution in [3.05, 3.63) is 11.6 Å². The average molecular weight is 483 g/mol. The number of carbonyl (C=O) groups excluding carboxylic acids is 2. The van der Waals surface area contributed by atoms with Gasteiger partial charge in [0.25, 0.3) is 0 Å². The van der Waals surface area contributed by atoms with Gasteiger partial charge in [-0.2, -0.15) is 0 Å². The average Bonchev–Trinajstić information content (AvgIpc) is 3.06. The molecular formula is C33H54O2. The second-order valence-electron chi connectivity index (χ2n) is 15.2. The molecule has 3 fully saturated rings. The predicted molar refractivity (Wildman–Crippen MR) is 146 cm³/mol. The van der Waals surface area contributed by atoms with Crippen LogP contribution in [-0.4, -0.2) is 11.6 Å². The molecule has 2 unspecified atom stereocenters. The second kappa shape index (κ2) is 8.83. The van der Waals surface area contributed by atoms with Crippen LogP contribution in [0.5, 0.6) is 0 Å². The van der Waals surface area contributed by atoms with Crippen LogP contribution in [0.3, 0.4) is 0 Å². The molecule has 0 aliphatic heterocycles. The van der Waals surface area contributed by atoms with Gasteiger partial charge in [-0.1, -0.05) is 67.9 Å². The molecule has 0 saturated heterocycles. The Labute approximate surface area is 216 Å². The van der Waals surface area contributed by atoms with E-state index in [4.69, 9.17) is 0 Å². The lowest BCUT2D eigenvalue weighted by Gasteiger charge is -2.62. The summed E-state index contributed by atoms with van der Waals surface area (Å²) in [7, 11) is 0. The summed E-state index contributed by atoms with van der Waals surface area (Å²) in [5, 5.41) is 0. The molecule has 198 valence electrons. The molecule has 0 aromatic heterocycles. The van der Waals surface area contributed by atoms with Gasteiger partial charge in [-0.05, 0) is 116 Å². The monoisotopic (exact) mass is 482 g/mol. The highest BCUT2D eigenvalue weighted by Gasteiger charge is 2.66. The Morgan fingerprint density at radius 3 is 2.31 bits per heavy atom. The maximum Gasteiger partial charge on any atom is 0.159 e. The van der Waals surface area contributed by atoms with Crippen LogP contribution in [0, 0.1) is 63.1 Å². The molecule has 0 aromatic carbocycles. The van der Waals surface area contributed by atoms with Crippen molar-refractivity contribution in [2.75, 3.05) is 0 Å².